The highest BCUT2D eigenvalue weighted by Crippen LogP contribution is 2.34. The monoisotopic (exact) mass is 426 g/mol. The van der Waals surface area contributed by atoms with Gasteiger partial charge < -0.3 is 19.5 Å². The van der Waals surface area contributed by atoms with Crippen LogP contribution in [0.4, 0.5) is 5.69 Å². The van der Waals surface area contributed by atoms with Crippen LogP contribution in [0.25, 0.3) is 0 Å². The zero-order valence-electron chi connectivity index (χ0n) is 18.6. The first-order valence-corrected chi connectivity index (χ1v) is 10.4. The molecule has 0 bridgehead atoms. The van der Waals surface area contributed by atoms with Crippen molar-refractivity contribution in [1.82, 2.24) is 4.90 Å². The molecule has 1 N–H and O–H groups in total. The third-order valence-corrected chi connectivity index (χ3v) is 5.72. The van der Waals surface area contributed by atoms with E-state index in [-0.39, 0.29) is 17.4 Å². The number of nitrogens with one attached hydrogen (secondary N) is 1. The van der Waals surface area contributed by atoms with Crippen molar-refractivity contribution in [3.63, 3.8) is 0 Å². The Labute approximate surface area is 183 Å². The summed E-state index contributed by atoms with van der Waals surface area (Å²) in [6.45, 7) is 4.55. The summed E-state index contributed by atoms with van der Waals surface area (Å²) in [4.78, 5) is 27.7. The van der Waals surface area contributed by atoms with E-state index in [1.165, 1.54) is 38.5 Å². The molecule has 0 aliphatic carbocycles. The average Bonchev–Trinajstić information content (AvgIpc) is 2.79. The number of hydrogen-bond acceptors (Lipinski definition) is 6. The van der Waals surface area contributed by atoms with Gasteiger partial charge in [0.25, 0.3) is 0 Å². The highest BCUT2D eigenvalue weighted by atomic mass is 16.5. The number of ether oxygens (including phenoxy) is 3. The average molecular weight is 427 g/mol. The van der Waals surface area contributed by atoms with Crippen molar-refractivity contribution in [2.45, 2.75) is 26.3 Å². The fourth-order valence-electron chi connectivity index (χ4n) is 3.94. The van der Waals surface area contributed by atoms with Crippen molar-refractivity contribution >= 4 is 17.6 Å². The second-order valence-corrected chi connectivity index (χ2v) is 7.73. The SMILES string of the molecule is COC(=O)c1cc(OC)c(OC)cc1NC(=O)C1CCCN(Cc2ccccc2C)C1. The van der Waals surface area contributed by atoms with Gasteiger partial charge in [0.2, 0.25) is 5.91 Å². The predicted molar refractivity (Wildman–Crippen MR) is 119 cm³/mol. The van der Waals surface area contributed by atoms with Crippen LogP contribution in [0.1, 0.15) is 34.3 Å². The van der Waals surface area contributed by atoms with Crippen LogP contribution in [0.15, 0.2) is 36.4 Å². The van der Waals surface area contributed by atoms with Gasteiger partial charge in [-0.3, -0.25) is 9.69 Å². The van der Waals surface area contributed by atoms with E-state index in [2.05, 4.69) is 29.3 Å². The van der Waals surface area contributed by atoms with Gasteiger partial charge in [0.1, 0.15) is 0 Å². The molecule has 1 fully saturated rings. The summed E-state index contributed by atoms with van der Waals surface area (Å²) in [6.07, 6.45) is 1.75. The number of likely N-dealkylation sites (tertiary alicyclic amines) is 1. The maximum atomic E-state index is 13.1. The summed E-state index contributed by atoms with van der Waals surface area (Å²) in [5, 5.41) is 2.92. The lowest BCUT2D eigenvalue weighted by Crippen LogP contribution is -2.40. The van der Waals surface area contributed by atoms with Crippen LogP contribution >= 0.6 is 0 Å². The zero-order chi connectivity index (χ0) is 22.4. The second-order valence-electron chi connectivity index (χ2n) is 7.73. The summed E-state index contributed by atoms with van der Waals surface area (Å²) in [7, 11) is 4.29. The molecule has 7 nitrogen and oxygen atoms in total. The molecule has 1 aliphatic rings. The Bertz CT molecular complexity index is 944. The minimum Gasteiger partial charge on any atom is -0.493 e. The molecule has 0 spiro atoms. The molecule has 7 heteroatoms. The van der Waals surface area contributed by atoms with Crippen molar-refractivity contribution in [3.8, 4) is 11.5 Å². The molecule has 1 heterocycles. The number of piperidine rings is 1. The van der Waals surface area contributed by atoms with Gasteiger partial charge in [-0.25, -0.2) is 4.79 Å². The lowest BCUT2D eigenvalue weighted by atomic mass is 9.96. The molecule has 2 aromatic rings. The standard InChI is InChI=1S/C24H30N2O5/c1-16-8-5-6-9-17(16)14-26-11-7-10-18(15-26)23(27)25-20-13-22(30-3)21(29-2)12-19(20)24(28)31-4/h5-6,8-9,12-13,18H,7,10-11,14-15H2,1-4H3,(H,25,27). The maximum Gasteiger partial charge on any atom is 0.340 e. The van der Waals surface area contributed by atoms with Gasteiger partial charge in [0.15, 0.2) is 11.5 Å². The van der Waals surface area contributed by atoms with Gasteiger partial charge in [0.05, 0.1) is 38.5 Å². The van der Waals surface area contributed by atoms with E-state index in [0.717, 1.165) is 25.9 Å². The quantitative estimate of drug-likeness (QED) is 0.681. The van der Waals surface area contributed by atoms with Crippen molar-refractivity contribution in [2.75, 3.05) is 39.7 Å². The molecule has 31 heavy (non-hydrogen) atoms. The first-order valence-electron chi connectivity index (χ1n) is 10.4. The number of hydrogen-bond donors (Lipinski definition) is 1. The first kappa shape index (κ1) is 22.6. The van der Waals surface area contributed by atoms with Gasteiger partial charge >= 0.3 is 5.97 Å². The molecule has 1 unspecified atom stereocenters. The summed E-state index contributed by atoms with van der Waals surface area (Å²) in [6, 6.07) is 11.4. The molecule has 0 saturated carbocycles. The molecule has 0 aromatic heterocycles. The number of nitrogens with zero attached hydrogens (tertiary/aromatic N) is 1. The number of benzene rings is 2. The van der Waals surface area contributed by atoms with E-state index in [1.807, 2.05) is 12.1 Å². The Hall–Kier alpha value is -3.06. The first-order chi connectivity index (χ1) is 15.0. The zero-order valence-corrected chi connectivity index (χ0v) is 18.6. The molecular formula is C24H30N2O5. The number of methoxy groups -OCH3 is 3. The van der Waals surface area contributed by atoms with Crippen LogP contribution in [0, 0.1) is 12.8 Å². The third kappa shape index (κ3) is 5.35. The van der Waals surface area contributed by atoms with Gasteiger partial charge in [-0.2, -0.15) is 0 Å². The van der Waals surface area contributed by atoms with Gasteiger partial charge in [-0.1, -0.05) is 24.3 Å². The molecule has 3 rings (SSSR count). The van der Waals surface area contributed by atoms with Crippen LogP contribution in [0.5, 0.6) is 11.5 Å². The van der Waals surface area contributed by atoms with Crippen molar-refractivity contribution in [2.24, 2.45) is 5.92 Å². The van der Waals surface area contributed by atoms with Crippen LogP contribution in [-0.4, -0.2) is 51.2 Å². The van der Waals surface area contributed by atoms with Crippen LogP contribution in [-0.2, 0) is 16.1 Å². The second kappa shape index (κ2) is 10.3. The van der Waals surface area contributed by atoms with E-state index in [0.29, 0.717) is 23.7 Å². The van der Waals surface area contributed by atoms with E-state index >= 15 is 0 Å². The van der Waals surface area contributed by atoms with E-state index in [9.17, 15) is 9.59 Å². The lowest BCUT2D eigenvalue weighted by molar-refractivity contribution is -0.121. The Kier molecular flexibility index (Phi) is 7.52. The fourth-order valence-corrected chi connectivity index (χ4v) is 3.94. The highest BCUT2D eigenvalue weighted by Gasteiger charge is 2.28. The van der Waals surface area contributed by atoms with Crippen LogP contribution < -0.4 is 14.8 Å². The van der Waals surface area contributed by atoms with Crippen LogP contribution in [0.3, 0.4) is 0 Å². The topological polar surface area (TPSA) is 77.1 Å². The Balaban J connectivity index is 1.75. The third-order valence-electron chi connectivity index (χ3n) is 5.72. The molecule has 1 saturated heterocycles. The number of anilines is 1. The maximum absolute atomic E-state index is 13.1. The summed E-state index contributed by atoms with van der Waals surface area (Å²) in [5.41, 5.74) is 3.10. The molecule has 1 amide bonds. The Morgan fingerprint density at radius 2 is 1.81 bits per heavy atom. The summed E-state index contributed by atoms with van der Waals surface area (Å²) < 4.78 is 15.5. The molecular weight excluding hydrogens is 396 g/mol. The number of amides is 1. The summed E-state index contributed by atoms with van der Waals surface area (Å²) >= 11 is 0. The molecule has 166 valence electrons. The minimum absolute atomic E-state index is 0.119. The van der Waals surface area contributed by atoms with Crippen molar-refractivity contribution in [3.05, 3.63) is 53.1 Å². The normalized spacial score (nSPS) is 16.5. The molecule has 1 atom stereocenters. The minimum atomic E-state index is -0.555. The molecule has 2 aromatic carbocycles. The van der Waals surface area contributed by atoms with Gasteiger partial charge in [0, 0.05) is 25.2 Å². The number of esters is 1. The Morgan fingerprint density at radius 1 is 1.10 bits per heavy atom. The Morgan fingerprint density at radius 3 is 2.48 bits per heavy atom. The molecule has 0 radical (unpaired) electrons. The largest absolute Gasteiger partial charge is 0.493 e. The van der Waals surface area contributed by atoms with E-state index < -0.39 is 5.97 Å². The van der Waals surface area contributed by atoms with Crippen molar-refractivity contribution in [1.29, 1.82) is 0 Å². The van der Waals surface area contributed by atoms with Gasteiger partial charge in [-0.15, -0.1) is 0 Å². The summed E-state index contributed by atoms with van der Waals surface area (Å²) in [5.74, 6) is -0.0254. The van der Waals surface area contributed by atoms with Gasteiger partial charge in [-0.05, 0) is 37.4 Å². The van der Waals surface area contributed by atoms with Crippen molar-refractivity contribution < 1.29 is 23.8 Å². The number of aryl methyl sites for hydroxylation is 1. The molecule has 1 aliphatic heterocycles. The number of carbonyl (C=O) groups excluding carboxylic acids is 2. The predicted octanol–water partition coefficient (Wildman–Crippen LogP) is 3.65. The number of carbonyl (C=O) groups is 2. The van der Waals surface area contributed by atoms with Crippen LogP contribution in [0.2, 0.25) is 0 Å². The fraction of sp³-hybridized carbons (Fsp3) is 0.417. The van der Waals surface area contributed by atoms with E-state index in [4.69, 9.17) is 14.2 Å². The smallest absolute Gasteiger partial charge is 0.340 e. The highest BCUT2D eigenvalue weighted by molar-refractivity contribution is 6.02. The van der Waals surface area contributed by atoms with E-state index in [1.54, 1.807) is 6.07 Å². The lowest BCUT2D eigenvalue weighted by Gasteiger charge is -2.32. The number of rotatable bonds is 7.